The third-order valence-corrected chi connectivity index (χ3v) is 3.47. The summed E-state index contributed by atoms with van der Waals surface area (Å²) in [5.41, 5.74) is 5.68. The van der Waals surface area contributed by atoms with Gasteiger partial charge in [0.2, 0.25) is 0 Å². The maximum Gasteiger partial charge on any atom is 0.262 e. The third-order valence-electron chi connectivity index (χ3n) is 1.75. The molecule has 2 N–H and O–H groups in total. The van der Waals surface area contributed by atoms with Gasteiger partial charge >= 0.3 is 0 Å². The highest BCUT2D eigenvalue weighted by Crippen LogP contribution is 2.26. The first-order valence-electron chi connectivity index (χ1n) is 3.77. The van der Waals surface area contributed by atoms with Gasteiger partial charge in [-0.05, 0) is 17.7 Å². The summed E-state index contributed by atoms with van der Waals surface area (Å²) in [6.45, 7) is 0.0734. The van der Waals surface area contributed by atoms with E-state index in [9.17, 15) is 8.42 Å². The maximum atomic E-state index is 11.1. The molecule has 1 rings (SSSR count). The van der Waals surface area contributed by atoms with Gasteiger partial charge in [0.15, 0.2) is 0 Å². The summed E-state index contributed by atoms with van der Waals surface area (Å²) < 4.78 is 22.2. The smallest absolute Gasteiger partial charge is 0.262 e. The van der Waals surface area contributed by atoms with Crippen molar-refractivity contribution in [1.29, 1.82) is 5.26 Å². The van der Waals surface area contributed by atoms with Crippen LogP contribution in [0.15, 0.2) is 17.0 Å². The molecule has 7 heteroatoms. The van der Waals surface area contributed by atoms with E-state index >= 15 is 0 Å². The molecular formula is C8H6Cl2N2O2S. The Kier molecular flexibility index (Phi) is 3.58. The molecule has 0 radical (unpaired) electrons. The predicted octanol–water partition coefficient (Wildman–Crippen LogP) is 1.60. The Hall–Kier alpha value is -0.800. The van der Waals surface area contributed by atoms with Crippen LogP contribution in [0, 0.1) is 11.3 Å². The summed E-state index contributed by atoms with van der Waals surface area (Å²) in [4.78, 5) is -0.267. The summed E-state index contributed by atoms with van der Waals surface area (Å²) in [5.74, 6) is 0. The lowest BCUT2D eigenvalue weighted by atomic mass is 10.1. The van der Waals surface area contributed by atoms with E-state index in [0.717, 1.165) is 0 Å². The van der Waals surface area contributed by atoms with E-state index in [2.05, 4.69) is 0 Å². The first-order valence-corrected chi connectivity index (χ1v) is 6.46. The zero-order valence-corrected chi connectivity index (χ0v) is 9.70. The standard InChI is InChI=1S/C8H6Cl2N2O2S/c9-7-1-6(4-12)8(15(10,13)14)2-5(7)3-11/h1-2H,3,11H2. The van der Waals surface area contributed by atoms with Crippen LogP contribution >= 0.6 is 22.3 Å². The number of halogens is 2. The van der Waals surface area contributed by atoms with E-state index in [1.54, 1.807) is 6.07 Å². The van der Waals surface area contributed by atoms with Gasteiger partial charge in [-0.2, -0.15) is 5.26 Å². The van der Waals surface area contributed by atoms with Crippen molar-refractivity contribution in [1.82, 2.24) is 0 Å². The molecule has 0 saturated carbocycles. The van der Waals surface area contributed by atoms with E-state index in [1.807, 2.05) is 0 Å². The van der Waals surface area contributed by atoms with Crippen molar-refractivity contribution in [2.24, 2.45) is 5.73 Å². The van der Waals surface area contributed by atoms with Crippen molar-refractivity contribution in [3.63, 3.8) is 0 Å². The number of rotatable bonds is 2. The zero-order chi connectivity index (χ0) is 11.6. The average molecular weight is 265 g/mol. The summed E-state index contributed by atoms with van der Waals surface area (Å²) in [7, 11) is 1.20. The average Bonchev–Trinajstić information content (AvgIpc) is 2.15. The van der Waals surface area contributed by atoms with Crippen molar-refractivity contribution in [3.05, 3.63) is 28.3 Å². The fourth-order valence-electron chi connectivity index (χ4n) is 1.04. The molecule has 0 aromatic heterocycles. The van der Waals surface area contributed by atoms with Gasteiger partial charge in [-0.1, -0.05) is 11.6 Å². The normalized spacial score (nSPS) is 11.1. The highest BCUT2D eigenvalue weighted by Gasteiger charge is 2.18. The number of hydrogen-bond acceptors (Lipinski definition) is 4. The fraction of sp³-hybridized carbons (Fsp3) is 0.125. The Morgan fingerprint density at radius 1 is 1.47 bits per heavy atom. The second-order valence-electron chi connectivity index (χ2n) is 2.69. The lowest BCUT2D eigenvalue weighted by Crippen LogP contribution is -2.02. The minimum atomic E-state index is -3.96. The van der Waals surface area contributed by atoms with Gasteiger partial charge in [0, 0.05) is 22.2 Å². The van der Waals surface area contributed by atoms with Crippen LogP contribution in [-0.2, 0) is 15.6 Å². The summed E-state index contributed by atoms with van der Waals surface area (Å²) >= 11 is 5.76. The lowest BCUT2D eigenvalue weighted by Gasteiger charge is -2.05. The fourth-order valence-corrected chi connectivity index (χ4v) is 2.32. The third kappa shape index (κ3) is 2.61. The maximum absolute atomic E-state index is 11.1. The van der Waals surface area contributed by atoms with Crippen molar-refractivity contribution >= 4 is 31.3 Å². The SMILES string of the molecule is N#Cc1cc(Cl)c(CN)cc1S(=O)(=O)Cl. The quantitative estimate of drug-likeness (QED) is 0.823. The van der Waals surface area contributed by atoms with Crippen molar-refractivity contribution in [2.75, 3.05) is 0 Å². The van der Waals surface area contributed by atoms with Gasteiger partial charge < -0.3 is 5.73 Å². The zero-order valence-electron chi connectivity index (χ0n) is 7.37. The Balaban J connectivity index is 3.59. The Morgan fingerprint density at radius 2 is 2.07 bits per heavy atom. The largest absolute Gasteiger partial charge is 0.326 e. The van der Waals surface area contributed by atoms with Crippen LogP contribution in [0.25, 0.3) is 0 Å². The minimum absolute atomic E-state index is 0.0734. The number of benzene rings is 1. The summed E-state index contributed by atoms with van der Waals surface area (Å²) in [6, 6.07) is 4.15. The molecule has 4 nitrogen and oxygen atoms in total. The Bertz CT molecular complexity index is 534. The predicted molar refractivity (Wildman–Crippen MR) is 57.1 cm³/mol. The number of nitrogens with two attached hydrogens (primary N) is 1. The Labute approximate surface area is 96.6 Å². The molecule has 1 aromatic carbocycles. The van der Waals surface area contributed by atoms with Crippen LogP contribution in [0.4, 0.5) is 0 Å². The second-order valence-corrected chi connectivity index (χ2v) is 5.64. The molecule has 0 atom stereocenters. The molecule has 0 spiro atoms. The molecule has 0 unspecified atom stereocenters. The molecule has 0 saturated heterocycles. The number of nitrogens with zero attached hydrogens (tertiary/aromatic N) is 1. The summed E-state index contributed by atoms with van der Waals surface area (Å²) in [5, 5.41) is 8.96. The summed E-state index contributed by atoms with van der Waals surface area (Å²) in [6.07, 6.45) is 0. The molecule has 80 valence electrons. The van der Waals surface area contributed by atoms with Crippen LogP contribution in [0.3, 0.4) is 0 Å². The molecule has 1 aromatic rings. The Morgan fingerprint density at radius 3 is 2.47 bits per heavy atom. The van der Waals surface area contributed by atoms with E-state index < -0.39 is 9.05 Å². The molecule has 0 aliphatic rings. The molecule has 15 heavy (non-hydrogen) atoms. The van der Waals surface area contributed by atoms with Crippen LogP contribution in [0.1, 0.15) is 11.1 Å². The first kappa shape index (κ1) is 12.3. The van der Waals surface area contributed by atoms with Gasteiger partial charge in [0.1, 0.15) is 11.0 Å². The first-order chi connectivity index (χ1) is 6.90. The van der Waals surface area contributed by atoms with E-state index in [4.69, 9.17) is 33.3 Å². The van der Waals surface area contributed by atoms with Crippen LogP contribution in [0.2, 0.25) is 5.02 Å². The highest BCUT2D eigenvalue weighted by molar-refractivity contribution is 8.13. The van der Waals surface area contributed by atoms with Gasteiger partial charge in [-0.25, -0.2) is 8.42 Å². The molecule has 0 heterocycles. The molecule has 0 aliphatic carbocycles. The van der Waals surface area contributed by atoms with Crippen molar-refractivity contribution in [3.8, 4) is 6.07 Å². The molecular weight excluding hydrogens is 259 g/mol. The molecule has 0 fully saturated rings. The highest BCUT2D eigenvalue weighted by atomic mass is 35.7. The van der Waals surface area contributed by atoms with Crippen molar-refractivity contribution < 1.29 is 8.42 Å². The van der Waals surface area contributed by atoms with E-state index in [0.29, 0.717) is 5.56 Å². The van der Waals surface area contributed by atoms with Crippen LogP contribution in [0.5, 0.6) is 0 Å². The van der Waals surface area contributed by atoms with Crippen LogP contribution in [-0.4, -0.2) is 8.42 Å². The lowest BCUT2D eigenvalue weighted by molar-refractivity contribution is 0.609. The van der Waals surface area contributed by atoms with Crippen LogP contribution < -0.4 is 5.73 Å². The molecule has 0 bridgehead atoms. The minimum Gasteiger partial charge on any atom is -0.326 e. The van der Waals surface area contributed by atoms with Crippen molar-refractivity contribution in [2.45, 2.75) is 11.4 Å². The van der Waals surface area contributed by atoms with Gasteiger partial charge in [-0.15, -0.1) is 0 Å². The van der Waals surface area contributed by atoms with E-state index in [1.165, 1.54) is 12.1 Å². The second kappa shape index (κ2) is 4.37. The molecule has 0 amide bonds. The molecule has 0 aliphatic heterocycles. The van der Waals surface area contributed by atoms with Gasteiger partial charge in [0.25, 0.3) is 9.05 Å². The number of nitriles is 1. The monoisotopic (exact) mass is 264 g/mol. The van der Waals surface area contributed by atoms with Gasteiger partial charge in [0.05, 0.1) is 5.56 Å². The van der Waals surface area contributed by atoms with E-state index in [-0.39, 0.29) is 22.0 Å². The number of hydrogen-bond donors (Lipinski definition) is 1. The van der Waals surface area contributed by atoms with Gasteiger partial charge in [-0.3, -0.25) is 0 Å². The topological polar surface area (TPSA) is 83.9 Å².